The van der Waals surface area contributed by atoms with Crippen LogP contribution >= 0.6 is 0 Å². The number of methoxy groups -OCH3 is 1. The van der Waals surface area contributed by atoms with Gasteiger partial charge >= 0.3 is 0 Å². The molecule has 24 heavy (non-hydrogen) atoms. The molecule has 2 aromatic carbocycles. The highest BCUT2D eigenvalue weighted by Gasteiger charge is 2.19. The van der Waals surface area contributed by atoms with Gasteiger partial charge in [0.1, 0.15) is 0 Å². The number of aryl methyl sites for hydroxylation is 2. The molecule has 0 spiro atoms. The summed E-state index contributed by atoms with van der Waals surface area (Å²) in [6.45, 7) is 5.90. The predicted octanol–water partition coefficient (Wildman–Crippen LogP) is 4.23. The van der Waals surface area contributed by atoms with Crippen molar-refractivity contribution < 1.29 is 14.3 Å². The van der Waals surface area contributed by atoms with Crippen molar-refractivity contribution in [2.45, 2.75) is 39.7 Å². The number of carbonyl (C=O) groups excluding carboxylic acids is 1. The average molecular weight is 327 g/mol. The molecule has 0 bridgehead atoms. The van der Waals surface area contributed by atoms with Crippen LogP contribution in [-0.4, -0.2) is 19.1 Å². The Labute approximate surface area is 143 Å². The molecule has 2 aromatic rings. The average Bonchev–Trinajstić information content (AvgIpc) is 2.62. The lowest BCUT2D eigenvalue weighted by Crippen LogP contribution is -2.31. The highest BCUT2D eigenvalue weighted by molar-refractivity contribution is 5.95. The summed E-state index contributed by atoms with van der Waals surface area (Å²) in [6, 6.07) is 13.4. The van der Waals surface area contributed by atoms with Crippen LogP contribution in [0.15, 0.2) is 42.5 Å². The maximum Gasteiger partial charge on any atom is 0.265 e. The molecular formula is C20H25NO3. The van der Waals surface area contributed by atoms with Gasteiger partial charge in [0.15, 0.2) is 17.6 Å². The molecule has 0 aromatic heterocycles. The molecule has 1 atom stereocenters. The van der Waals surface area contributed by atoms with Gasteiger partial charge in [-0.3, -0.25) is 4.79 Å². The van der Waals surface area contributed by atoms with E-state index in [9.17, 15) is 4.79 Å². The van der Waals surface area contributed by atoms with E-state index in [-0.39, 0.29) is 5.91 Å². The summed E-state index contributed by atoms with van der Waals surface area (Å²) in [5.41, 5.74) is 3.17. The zero-order valence-corrected chi connectivity index (χ0v) is 14.8. The number of amides is 1. The topological polar surface area (TPSA) is 47.6 Å². The molecule has 2 rings (SSSR count). The van der Waals surface area contributed by atoms with Gasteiger partial charge in [-0.2, -0.15) is 0 Å². The monoisotopic (exact) mass is 327 g/mol. The van der Waals surface area contributed by atoms with Gasteiger partial charge in [-0.15, -0.1) is 0 Å². The lowest BCUT2D eigenvalue weighted by atomic mass is 10.0. The van der Waals surface area contributed by atoms with Gasteiger partial charge in [-0.1, -0.05) is 44.2 Å². The molecule has 1 amide bonds. The Morgan fingerprint density at radius 2 is 1.58 bits per heavy atom. The summed E-state index contributed by atoms with van der Waals surface area (Å²) in [5, 5.41) is 3.03. The Hall–Kier alpha value is -2.49. The quantitative estimate of drug-likeness (QED) is 0.828. The minimum absolute atomic E-state index is 0.170. The number of para-hydroxylation sites is 3. The summed E-state index contributed by atoms with van der Waals surface area (Å²) in [5.74, 6) is 0.999. The molecule has 0 heterocycles. The Bertz CT molecular complexity index is 675. The van der Waals surface area contributed by atoms with Crippen molar-refractivity contribution in [3.8, 4) is 11.5 Å². The smallest absolute Gasteiger partial charge is 0.265 e. The minimum Gasteiger partial charge on any atom is -0.493 e. The van der Waals surface area contributed by atoms with Gasteiger partial charge in [0, 0.05) is 5.69 Å². The molecule has 4 nitrogen and oxygen atoms in total. The maximum atomic E-state index is 12.6. The fraction of sp³-hybridized carbons (Fsp3) is 0.350. The molecule has 0 radical (unpaired) electrons. The molecule has 0 aliphatic carbocycles. The van der Waals surface area contributed by atoms with Crippen LogP contribution in [0.3, 0.4) is 0 Å². The fourth-order valence-corrected chi connectivity index (χ4v) is 2.59. The summed E-state index contributed by atoms with van der Waals surface area (Å²) < 4.78 is 11.0. The van der Waals surface area contributed by atoms with E-state index >= 15 is 0 Å². The van der Waals surface area contributed by atoms with E-state index in [2.05, 4.69) is 19.2 Å². The number of benzene rings is 2. The normalized spacial score (nSPS) is 11.7. The van der Waals surface area contributed by atoms with E-state index in [1.54, 1.807) is 20.1 Å². The number of anilines is 1. The zero-order chi connectivity index (χ0) is 17.5. The van der Waals surface area contributed by atoms with Gasteiger partial charge in [-0.25, -0.2) is 0 Å². The van der Waals surface area contributed by atoms with Gasteiger partial charge in [0.05, 0.1) is 7.11 Å². The highest BCUT2D eigenvalue weighted by Crippen LogP contribution is 2.27. The van der Waals surface area contributed by atoms with Gasteiger partial charge in [0.25, 0.3) is 5.91 Å². The summed E-state index contributed by atoms with van der Waals surface area (Å²) in [7, 11) is 1.58. The fourth-order valence-electron chi connectivity index (χ4n) is 2.59. The first-order valence-electron chi connectivity index (χ1n) is 8.32. The lowest BCUT2D eigenvalue weighted by molar-refractivity contribution is -0.122. The number of ether oxygens (including phenoxy) is 2. The van der Waals surface area contributed by atoms with Crippen molar-refractivity contribution in [1.82, 2.24) is 0 Å². The molecule has 1 N–H and O–H groups in total. The number of carbonyl (C=O) groups is 1. The second kappa shape index (κ2) is 8.39. The SMILES string of the molecule is CCc1cccc(CC)c1NC(=O)[C@H](C)Oc1ccccc1OC. The Morgan fingerprint density at radius 1 is 1.00 bits per heavy atom. The Morgan fingerprint density at radius 3 is 2.12 bits per heavy atom. The lowest BCUT2D eigenvalue weighted by Gasteiger charge is -2.19. The van der Waals surface area contributed by atoms with Crippen LogP contribution in [0, 0.1) is 0 Å². The van der Waals surface area contributed by atoms with Crippen molar-refractivity contribution in [2.75, 3.05) is 12.4 Å². The van der Waals surface area contributed by atoms with Crippen LogP contribution in [0.4, 0.5) is 5.69 Å². The van der Waals surface area contributed by atoms with Crippen molar-refractivity contribution in [3.63, 3.8) is 0 Å². The van der Waals surface area contributed by atoms with E-state index in [4.69, 9.17) is 9.47 Å². The second-order valence-corrected chi connectivity index (χ2v) is 5.56. The van der Waals surface area contributed by atoms with E-state index in [0.29, 0.717) is 11.5 Å². The third-order valence-electron chi connectivity index (χ3n) is 3.99. The van der Waals surface area contributed by atoms with Crippen molar-refractivity contribution in [2.24, 2.45) is 0 Å². The standard InChI is InChI=1S/C20H25NO3/c1-5-15-10-9-11-16(6-2)19(15)21-20(22)14(3)24-18-13-8-7-12-17(18)23-4/h7-14H,5-6H2,1-4H3,(H,21,22)/t14-/m0/s1. The molecule has 0 unspecified atom stereocenters. The van der Waals surface area contributed by atoms with Crippen LogP contribution in [-0.2, 0) is 17.6 Å². The van der Waals surface area contributed by atoms with Gasteiger partial charge in [-0.05, 0) is 43.0 Å². The third kappa shape index (κ3) is 4.07. The second-order valence-electron chi connectivity index (χ2n) is 5.56. The molecule has 0 aliphatic rings. The largest absolute Gasteiger partial charge is 0.493 e. The molecular weight excluding hydrogens is 302 g/mol. The first kappa shape index (κ1) is 17.9. The van der Waals surface area contributed by atoms with E-state index in [1.165, 1.54) is 0 Å². The molecule has 0 aliphatic heterocycles. The van der Waals surface area contributed by atoms with E-state index in [0.717, 1.165) is 29.7 Å². The van der Waals surface area contributed by atoms with Gasteiger partial charge < -0.3 is 14.8 Å². The van der Waals surface area contributed by atoms with E-state index in [1.807, 2.05) is 36.4 Å². The first-order chi connectivity index (χ1) is 11.6. The Balaban J connectivity index is 2.15. The molecule has 0 saturated carbocycles. The van der Waals surface area contributed by atoms with Crippen molar-refractivity contribution in [1.29, 1.82) is 0 Å². The van der Waals surface area contributed by atoms with Crippen molar-refractivity contribution >= 4 is 11.6 Å². The third-order valence-corrected chi connectivity index (χ3v) is 3.99. The van der Waals surface area contributed by atoms with Crippen LogP contribution in [0.5, 0.6) is 11.5 Å². The molecule has 4 heteroatoms. The zero-order valence-electron chi connectivity index (χ0n) is 14.8. The molecule has 128 valence electrons. The van der Waals surface area contributed by atoms with Crippen LogP contribution in [0.2, 0.25) is 0 Å². The van der Waals surface area contributed by atoms with E-state index < -0.39 is 6.10 Å². The predicted molar refractivity (Wildman–Crippen MR) is 96.9 cm³/mol. The number of hydrogen-bond donors (Lipinski definition) is 1. The maximum absolute atomic E-state index is 12.6. The number of hydrogen-bond acceptors (Lipinski definition) is 3. The highest BCUT2D eigenvalue weighted by atomic mass is 16.5. The summed E-state index contributed by atoms with van der Waals surface area (Å²) >= 11 is 0. The molecule has 0 saturated heterocycles. The minimum atomic E-state index is -0.629. The Kier molecular flexibility index (Phi) is 6.24. The van der Waals surface area contributed by atoms with Crippen LogP contribution in [0.1, 0.15) is 31.9 Å². The molecule has 0 fully saturated rings. The van der Waals surface area contributed by atoms with Crippen LogP contribution < -0.4 is 14.8 Å². The summed E-state index contributed by atoms with van der Waals surface area (Å²) in [6.07, 6.45) is 1.10. The van der Waals surface area contributed by atoms with Crippen LogP contribution in [0.25, 0.3) is 0 Å². The number of rotatable bonds is 7. The number of nitrogens with one attached hydrogen (secondary N) is 1. The van der Waals surface area contributed by atoms with Gasteiger partial charge in [0.2, 0.25) is 0 Å². The first-order valence-corrected chi connectivity index (χ1v) is 8.32. The summed E-state index contributed by atoms with van der Waals surface area (Å²) in [4.78, 5) is 12.6. The van der Waals surface area contributed by atoms with Crippen molar-refractivity contribution in [3.05, 3.63) is 53.6 Å².